The predicted molar refractivity (Wildman–Crippen MR) is 92.6 cm³/mol. The minimum atomic E-state index is -0.313. The van der Waals surface area contributed by atoms with Gasteiger partial charge in [-0.3, -0.25) is 9.69 Å². The molecule has 1 aliphatic rings. The van der Waals surface area contributed by atoms with E-state index in [2.05, 4.69) is 35.4 Å². The summed E-state index contributed by atoms with van der Waals surface area (Å²) in [4.78, 5) is 16.7. The highest BCUT2D eigenvalue weighted by molar-refractivity contribution is 5.94. The summed E-state index contributed by atoms with van der Waals surface area (Å²) in [5, 5.41) is 0. The summed E-state index contributed by atoms with van der Waals surface area (Å²) in [6.45, 7) is 9.45. The molecule has 1 aliphatic heterocycles. The number of halogens is 1. The Hall–Kier alpha value is -2.14. The van der Waals surface area contributed by atoms with Crippen molar-refractivity contribution in [3.8, 4) is 0 Å². The maximum absolute atomic E-state index is 13.0. The van der Waals surface area contributed by atoms with E-state index in [-0.39, 0.29) is 11.7 Å². The number of benzene rings is 1. The number of carbonyl (C=O) groups excluding carboxylic acids is 1. The molecule has 0 saturated carbocycles. The molecule has 0 N–H and O–H groups in total. The van der Waals surface area contributed by atoms with Crippen LogP contribution in [0.4, 0.5) is 4.39 Å². The lowest BCUT2D eigenvalue weighted by atomic mass is 10.2. The summed E-state index contributed by atoms with van der Waals surface area (Å²) >= 11 is 0. The molecule has 128 valence electrons. The molecule has 3 rings (SSSR count). The average molecular weight is 329 g/mol. The van der Waals surface area contributed by atoms with Crippen molar-refractivity contribution in [3.63, 3.8) is 0 Å². The van der Waals surface area contributed by atoms with E-state index in [0.29, 0.717) is 5.56 Å². The van der Waals surface area contributed by atoms with Gasteiger partial charge in [0, 0.05) is 56.2 Å². The van der Waals surface area contributed by atoms with Crippen LogP contribution in [-0.2, 0) is 6.54 Å². The van der Waals surface area contributed by atoms with Gasteiger partial charge in [-0.25, -0.2) is 4.39 Å². The van der Waals surface area contributed by atoms with Gasteiger partial charge in [-0.15, -0.1) is 0 Å². The molecule has 0 bridgehead atoms. The number of hydrogen-bond acceptors (Lipinski definition) is 2. The van der Waals surface area contributed by atoms with Crippen LogP contribution < -0.4 is 0 Å². The molecule has 0 unspecified atom stereocenters. The van der Waals surface area contributed by atoms with Gasteiger partial charge in [-0.05, 0) is 50.2 Å². The van der Waals surface area contributed by atoms with Gasteiger partial charge in [0.05, 0.1) is 0 Å². The minimum absolute atomic E-state index is 0.00764. The number of aromatic nitrogens is 1. The summed E-state index contributed by atoms with van der Waals surface area (Å²) in [5.41, 5.74) is 3.14. The van der Waals surface area contributed by atoms with Crippen molar-refractivity contribution < 1.29 is 9.18 Å². The standard InChI is InChI=1S/C19H24FN3O/c1-15-3-4-16(2)23(15)14-11-21-9-12-22(13-10-21)19(24)17-5-7-18(20)8-6-17/h3-8H,9-14H2,1-2H3. The first-order valence-corrected chi connectivity index (χ1v) is 8.44. The molecule has 0 aliphatic carbocycles. The van der Waals surface area contributed by atoms with Gasteiger partial charge in [0.1, 0.15) is 5.82 Å². The zero-order valence-corrected chi connectivity index (χ0v) is 14.3. The Balaban J connectivity index is 1.50. The van der Waals surface area contributed by atoms with Crippen molar-refractivity contribution in [2.75, 3.05) is 32.7 Å². The van der Waals surface area contributed by atoms with Gasteiger partial charge in [-0.2, -0.15) is 0 Å². The first-order chi connectivity index (χ1) is 11.5. The molecule has 1 fully saturated rings. The number of rotatable bonds is 4. The molecule has 24 heavy (non-hydrogen) atoms. The Labute approximate surface area is 142 Å². The van der Waals surface area contributed by atoms with Crippen LogP contribution in [0.5, 0.6) is 0 Å². The second-order valence-electron chi connectivity index (χ2n) is 6.41. The average Bonchev–Trinajstić information content (AvgIpc) is 2.92. The van der Waals surface area contributed by atoms with Gasteiger partial charge in [0.2, 0.25) is 0 Å². The Bertz CT molecular complexity index is 680. The summed E-state index contributed by atoms with van der Waals surface area (Å²) in [7, 11) is 0. The molecule has 0 radical (unpaired) electrons. The highest BCUT2D eigenvalue weighted by Gasteiger charge is 2.22. The van der Waals surface area contributed by atoms with E-state index in [9.17, 15) is 9.18 Å². The highest BCUT2D eigenvalue weighted by atomic mass is 19.1. The van der Waals surface area contributed by atoms with E-state index < -0.39 is 0 Å². The molecule has 1 aromatic carbocycles. The third kappa shape index (κ3) is 3.67. The van der Waals surface area contributed by atoms with Crippen molar-refractivity contribution in [2.45, 2.75) is 20.4 Å². The van der Waals surface area contributed by atoms with Crippen molar-refractivity contribution in [3.05, 3.63) is 59.2 Å². The largest absolute Gasteiger partial charge is 0.348 e. The molecule has 1 amide bonds. The number of carbonyl (C=O) groups is 1. The number of amides is 1. The Morgan fingerprint density at radius 1 is 0.917 bits per heavy atom. The lowest BCUT2D eigenvalue weighted by molar-refractivity contribution is 0.0633. The number of hydrogen-bond donors (Lipinski definition) is 0. The third-order valence-corrected chi connectivity index (χ3v) is 4.81. The second-order valence-corrected chi connectivity index (χ2v) is 6.41. The number of aryl methyl sites for hydroxylation is 2. The highest BCUT2D eigenvalue weighted by Crippen LogP contribution is 2.11. The lowest BCUT2D eigenvalue weighted by Crippen LogP contribution is -2.49. The van der Waals surface area contributed by atoms with Gasteiger partial charge in [0.25, 0.3) is 5.91 Å². The van der Waals surface area contributed by atoms with Crippen LogP contribution in [0.1, 0.15) is 21.7 Å². The predicted octanol–water partition coefficient (Wildman–Crippen LogP) is 2.70. The zero-order chi connectivity index (χ0) is 17.1. The summed E-state index contributed by atoms with van der Waals surface area (Å²) in [6.07, 6.45) is 0. The van der Waals surface area contributed by atoms with Gasteiger partial charge in [-0.1, -0.05) is 0 Å². The van der Waals surface area contributed by atoms with E-state index in [1.54, 1.807) is 12.1 Å². The van der Waals surface area contributed by atoms with E-state index >= 15 is 0 Å². The number of nitrogens with zero attached hydrogens (tertiary/aromatic N) is 3. The minimum Gasteiger partial charge on any atom is -0.348 e. The van der Waals surface area contributed by atoms with E-state index in [1.165, 1.54) is 23.5 Å². The van der Waals surface area contributed by atoms with Crippen LogP contribution in [-0.4, -0.2) is 53.0 Å². The van der Waals surface area contributed by atoms with Crippen molar-refractivity contribution in [2.24, 2.45) is 0 Å². The van der Waals surface area contributed by atoms with Crippen LogP contribution in [0.25, 0.3) is 0 Å². The summed E-state index contributed by atoms with van der Waals surface area (Å²) in [5.74, 6) is -0.321. The Morgan fingerprint density at radius 2 is 1.50 bits per heavy atom. The van der Waals surface area contributed by atoms with Crippen molar-refractivity contribution >= 4 is 5.91 Å². The molecular weight excluding hydrogens is 305 g/mol. The molecule has 1 saturated heterocycles. The molecular formula is C19H24FN3O. The summed E-state index contributed by atoms with van der Waals surface area (Å²) in [6, 6.07) is 10.1. The van der Waals surface area contributed by atoms with Gasteiger partial charge in [0.15, 0.2) is 0 Å². The molecule has 2 heterocycles. The van der Waals surface area contributed by atoms with Crippen LogP contribution in [0, 0.1) is 19.7 Å². The first kappa shape index (κ1) is 16.7. The smallest absolute Gasteiger partial charge is 0.253 e. The van der Waals surface area contributed by atoms with Gasteiger partial charge >= 0.3 is 0 Å². The van der Waals surface area contributed by atoms with E-state index in [1.807, 2.05) is 4.90 Å². The Morgan fingerprint density at radius 3 is 2.08 bits per heavy atom. The molecule has 1 aromatic heterocycles. The van der Waals surface area contributed by atoms with Crippen molar-refractivity contribution in [1.29, 1.82) is 0 Å². The fraction of sp³-hybridized carbons (Fsp3) is 0.421. The molecule has 5 heteroatoms. The normalized spacial score (nSPS) is 15.7. The van der Waals surface area contributed by atoms with E-state index in [0.717, 1.165) is 39.3 Å². The second kappa shape index (κ2) is 7.18. The van der Waals surface area contributed by atoms with Gasteiger partial charge < -0.3 is 9.47 Å². The molecule has 0 spiro atoms. The molecule has 0 atom stereocenters. The fourth-order valence-electron chi connectivity index (χ4n) is 3.24. The topological polar surface area (TPSA) is 28.5 Å². The zero-order valence-electron chi connectivity index (χ0n) is 14.3. The maximum Gasteiger partial charge on any atom is 0.253 e. The lowest BCUT2D eigenvalue weighted by Gasteiger charge is -2.35. The molecule has 4 nitrogen and oxygen atoms in total. The SMILES string of the molecule is Cc1ccc(C)n1CCN1CCN(C(=O)c2ccc(F)cc2)CC1. The van der Waals surface area contributed by atoms with Crippen LogP contribution in [0.15, 0.2) is 36.4 Å². The number of piperazine rings is 1. The van der Waals surface area contributed by atoms with E-state index in [4.69, 9.17) is 0 Å². The Kier molecular flexibility index (Phi) is 5.00. The maximum atomic E-state index is 13.0. The van der Waals surface area contributed by atoms with Crippen LogP contribution >= 0.6 is 0 Å². The quantitative estimate of drug-likeness (QED) is 0.863. The monoisotopic (exact) mass is 329 g/mol. The van der Waals surface area contributed by atoms with Crippen LogP contribution in [0.2, 0.25) is 0 Å². The molecule has 2 aromatic rings. The van der Waals surface area contributed by atoms with Crippen molar-refractivity contribution in [1.82, 2.24) is 14.4 Å². The van der Waals surface area contributed by atoms with Crippen LogP contribution in [0.3, 0.4) is 0 Å². The third-order valence-electron chi connectivity index (χ3n) is 4.81. The summed E-state index contributed by atoms with van der Waals surface area (Å²) < 4.78 is 15.3. The fourth-order valence-corrected chi connectivity index (χ4v) is 3.24. The first-order valence-electron chi connectivity index (χ1n) is 8.44.